The molecule has 0 fully saturated rings. The lowest BCUT2D eigenvalue weighted by molar-refractivity contribution is 0.162. The van der Waals surface area contributed by atoms with Crippen molar-refractivity contribution >= 4 is 8.25 Å². The highest BCUT2D eigenvalue weighted by atomic mass is 31.1. The van der Waals surface area contributed by atoms with Gasteiger partial charge in [0.25, 0.3) is 0 Å². The van der Waals surface area contributed by atoms with Crippen LogP contribution in [-0.4, -0.2) is 13.2 Å². The van der Waals surface area contributed by atoms with Crippen LogP contribution in [0.15, 0.2) is 0 Å². The Hall–Kier alpha value is 0.0200. The topological polar surface area (TPSA) is 35.5 Å². The van der Waals surface area contributed by atoms with Crippen LogP contribution in [0, 0.1) is 11.8 Å². The molecule has 2 unspecified atom stereocenters. The molecule has 4 heteroatoms. The number of hydrogen-bond donors (Lipinski definition) is 0. The summed E-state index contributed by atoms with van der Waals surface area (Å²) in [5, 5.41) is 0. The van der Waals surface area contributed by atoms with Crippen LogP contribution in [0.2, 0.25) is 0 Å². The van der Waals surface area contributed by atoms with Gasteiger partial charge in [-0.2, -0.15) is 0 Å². The molecule has 2 atom stereocenters. The Balaban J connectivity index is 4.16. The molecule has 0 N–H and O–H groups in total. The molecule has 0 heterocycles. The minimum atomic E-state index is -1.97. The van der Waals surface area contributed by atoms with E-state index in [1.807, 2.05) is 0 Å². The molecular weight excluding hydrogens is 367 g/mol. The van der Waals surface area contributed by atoms with E-state index in [9.17, 15) is 4.57 Å². The molecule has 0 saturated heterocycles. The summed E-state index contributed by atoms with van der Waals surface area (Å²) in [6.07, 6.45) is 20.0. The zero-order chi connectivity index (χ0) is 20.9. The quantitative estimate of drug-likeness (QED) is 0.130. The van der Waals surface area contributed by atoms with Gasteiger partial charge in [0.1, 0.15) is 13.2 Å². The number of hydrogen-bond acceptors (Lipinski definition) is 3. The Morgan fingerprint density at radius 2 is 0.893 bits per heavy atom. The largest absolute Gasteiger partial charge is 0.697 e. The standard InChI is InChI=1S/C24H50O3P/c1-5-9-13-15-19-23(17-11-7-3)21-26-28(25)27-22-24(18-12-8-4)20-16-14-10-6-2/h23-24H,5-22H2,1-4H3/q+1. The molecule has 0 aliphatic rings. The van der Waals surface area contributed by atoms with Crippen LogP contribution in [-0.2, 0) is 13.6 Å². The number of rotatable bonds is 22. The predicted octanol–water partition coefficient (Wildman–Crippen LogP) is 9.23. The summed E-state index contributed by atoms with van der Waals surface area (Å²) in [7, 11) is -1.97. The molecule has 0 aromatic heterocycles. The van der Waals surface area contributed by atoms with Crippen molar-refractivity contribution in [3.8, 4) is 0 Å². The van der Waals surface area contributed by atoms with Crippen LogP contribution in [0.4, 0.5) is 0 Å². The summed E-state index contributed by atoms with van der Waals surface area (Å²) in [6.45, 7) is 10.1. The summed E-state index contributed by atoms with van der Waals surface area (Å²) in [6, 6.07) is 0. The maximum absolute atomic E-state index is 12.3. The second-order valence-electron chi connectivity index (χ2n) is 8.53. The molecule has 0 radical (unpaired) electrons. The van der Waals surface area contributed by atoms with Gasteiger partial charge in [-0.15, -0.1) is 9.05 Å². The van der Waals surface area contributed by atoms with Crippen LogP contribution in [0.25, 0.3) is 0 Å². The van der Waals surface area contributed by atoms with Crippen molar-refractivity contribution in [1.29, 1.82) is 0 Å². The van der Waals surface area contributed by atoms with Gasteiger partial charge in [-0.05, 0) is 37.5 Å². The van der Waals surface area contributed by atoms with Gasteiger partial charge in [0.05, 0.1) is 0 Å². The third-order valence-corrected chi connectivity index (χ3v) is 6.41. The Morgan fingerprint density at radius 1 is 0.536 bits per heavy atom. The van der Waals surface area contributed by atoms with E-state index in [1.165, 1.54) is 103 Å². The highest BCUT2D eigenvalue weighted by Crippen LogP contribution is 2.30. The van der Waals surface area contributed by atoms with Crippen LogP contribution < -0.4 is 0 Å². The monoisotopic (exact) mass is 417 g/mol. The van der Waals surface area contributed by atoms with Crippen molar-refractivity contribution in [2.75, 3.05) is 13.2 Å². The minimum Gasteiger partial charge on any atom is -0.119 e. The SMILES string of the molecule is CCCCCCC(CCCC)CO[P+](=O)OCC(CCCC)CCCCCC. The summed E-state index contributed by atoms with van der Waals surface area (Å²) >= 11 is 0. The highest BCUT2D eigenvalue weighted by molar-refractivity contribution is 7.33. The van der Waals surface area contributed by atoms with Crippen molar-refractivity contribution in [2.45, 2.75) is 130 Å². The van der Waals surface area contributed by atoms with Gasteiger partial charge < -0.3 is 0 Å². The predicted molar refractivity (Wildman–Crippen MR) is 123 cm³/mol. The second-order valence-corrected chi connectivity index (χ2v) is 9.49. The molecule has 0 aliphatic heterocycles. The molecule has 0 aliphatic carbocycles. The Labute approximate surface area is 177 Å². The van der Waals surface area contributed by atoms with E-state index in [2.05, 4.69) is 27.7 Å². The summed E-state index contributed by atoms with van der Waals surface area (Å²) in [4.78, 5) is 0. The maximum atomic E-state index is 12.3. The van der Waals surface area contributed by atoms with Crippen molar-refractivity contribution in [1.82, 2.24) is 0 Å². The van der Waals surface area contributed by atoms with Crippen LogP contribution >= 0.6 is 8.25 Å². The third-order valence-electron chi connectivity index (χ3n) is 5.69. The minimum absolute atomic E-state index is 0.532. The molecule has 0 bridgehead atoms. The Morgan fingerprint density at radius 3 is 1.25 bits per heavy atom. The lowest BCUT2D eigenvalue weighted by Crippen LogP contribution is -2.10. The first-order valence-corrected chi connectivity index (χ1v) is 13.5. The Bertz CT molecular complexity index is 306. The van der Waals surface area contributed by atoms with Gasteiger partial charge in [-0.3, -0.25) is 0 Å². The summed E-state index contributed by atoms with van der Waals surface area (Å²) in [5.41, 5.74) is 0. The first-order chi connectivity index (χ1) is 13.7. The lowest BCUT2D eigenvalue weighted by Gasteiger charge is -2.14. The van der Waals surface area contributed by atoms with Crippen LogP contribution in [0.5, 0.6) is 0 Å². The maximum Gasteiger partial charge on any atom is 0.697 e. The van der Waals surface area contributed by atoms with Gasteiger partial charge in [-0.1, -0.05) is 105 Å². The molecule has 0 spiro atoms. The molecule has 0 amide bonds. The molecule has 168 valence electrons. The molecule has 0 saturated carbocycles. The number of unbranched alkanes of at least 4 members (excludes halogenated alkanes) is 8. The zero-order valence-electron chi connectivity index (χ0n) is 19.6. The fourth-order valence-electron chi connectivity index (χ4n) is 3.70. The van der Waals surface area contributed by atoms with Crippen molar-refractivity contribution in [3.63, 3.8) is 0 Å². The fourth-order valence-corrected chi connectivity index (χ4v) is 4.44. The average molecular weight is 418 g/mol. The first-order valence-electron chi connectivity index (χ1n) is 12.4. The van der Waals surface area contributed by atoms with Crippen molar-refractivity contribution in [2.24, 2.45) is 11.8 Å². The van der Waals surface area contributed by atoms with Gasteiger partial charge in [-0.25, -0.2) is 0 Å². The van der Waals surface area contributed by atoms with E-state index in [1.54, 1.807) is 0 Å². The third kappa shape index (κ3) is 18.1. The fraction of sp³-hybridized carbons (Fsp3) is 1.00. The molecule has 28 heavy (non-hydrogen) atoms. The van der Waals surface area contributed by atoms with Gasteiger partial charge in [0.2, 0.25) is 0 Å². The van der Waals surface area contributed by atoms with E-state index < -0.39 is 8.25 Å². The van der Waals surface area contributed by atoms with E-state index in [0.29, 0.717) is 25.0 Å². The Kier molecular flexibility index (Phi) is 21.7. The van der Waals surface area contributed by atoms with E-state index in [4.69, 9.17) is 9.05 Å². The molecule has 0 aromatic rings. The van der Waals surface area contributed by atoms with Crippen molar-refractivity contribution in [3.05, 3.63) is 0 Å². The normalized spacial score (nSPS) is 14.2. The van der Waals surface area contributed by atoms with Crippen LogP contribution in [0.3, 0.4) is 0 Å². The zero-order valence-corrected chi connectivity index (χ0v) is 20.4. The van der Waals surface area contributed by atoms with Gasteiger partial charge >= 0.3 is 8.25 Å². The van der Waals surface area contributed by atoms with Gasteiger partial charge in [0, 0.05) is 4.57 Å². The molecular formula is C24H50O3P+. The van der Waals surface area contributed by atoms with E-state index in [0.717, 1.165) is 0 Å². The van der Waals surface area contributed by atoms with E-state index in [-0.39, 0.29) is 0 Å². The molecule has 3 nitrogen and oxygen atoms in total. The van der Waals surface area contributed by atoms with Crippen molar-refractivity contribution < 1.29 is 13.6 Å². The van der Waals surface area contributed by atoms with E-state index >= 15 is 0 Å². The average Bonchev–Trinajstić information content (AvgIpc) is 2.71. The van der Waals surface area contributed by atoms with Crippen LogP contribution in [0.1, 0.15) is 130 Å². The lowest BCUT2D eigenvalue weighted by atomic mass is 9.96. The summed E-state index contributed by atoms with van der Waals surface area (Å²) in [5.74, 6) is 1.06. The first kappa shape index (κ1) is 28.0. The molecule has 0 aromatic carbocycles. The summed E-state index contributed by atoms with van der Waals surface area (Å²) < 4.78 is 23.5. The highest BCUT2D eigenvalue weighted by Gasteiger charge is 2.25. The molecule has 0 rings (SSSR count). The second kappa shape index (κ2) is 21.7. The van der Waals surface area contributed by atoms with Gasteiger partial charge in [0.15, 0.2) is 0 Å². The smallest absolute Gasteiger partial charge is 0.119 e.